The summed E-state index contributed by atoms with van der Waals surface area (Å²) in [5.74, 6) is 2.23. The van der Waals surface area contributed by atoms with Crippen LogP contribution in [0.15, 0.2) is 48.5 Å². The number of methoxy groups -OCH3 is 1. The molecule has 0 spiro atoms. The average molecular weight is 398 g/mol. The fraction of sp³-hybridized carbons (Fsp3) is 0.458. The van der Waals surface area contributed by atoms with E-state index in [9.17, 15) is 4.79 Å². The van der Waals surface area contributed by atoms with Crippen LogP contribution in [0, 0.1) is 5.92 Å². The first-order valence-corrected chi connectivity index (χ1v) is 10.5. The molecule has 0 bridgehead atoms. The van der Waals surface area contributed by atoms with E-state index in [1.807, 2.05) is 24.3 Å². The number of benzene rings is 2. The number of hydrogen-bond acceptors (Lipinski definition) is 4. The third-order valence-corrected chi connectivity index (χ3v) is 5.30. The molecule has 156 valence electrons. The van der Waals surface area contributed by atoms with Crippen molar-refractivity contribution >= 4 is 11.6 Å². The number of nitrogens with one attached hydrogen (secondary N) is 1. The number of carbonyl (C=O) groups excluding carboxylic acids is 1. The standard InChI is InChI=1S/C24H31NO4/c1-27-17-18-29-22-11-7-20(8-12-22)24(26)25-21-9-13-23(14-10-21)28-16-15-19-5-3-2-4-6-19/h7-14,19H,2-6,15-18H2,1H3,(H,25,26). The Balaban J connectivity index is 1.43. The molecule has 0 atom stereocenters. The van der Waals surface area contributed by atoms with Crippen LogP contribution in [0.4, 0.5) is 5.69 Å². The molecular formula is C24H31NO4. The van der Waals surface area contributed by atoms with Crippen LogP contribution in [-0.2, 0) is 4.74 Å². The van der Waals surface area contributed by atoms with Gasteiger partial charge in [0.2, 0.25) is 0 Å². The van der Waals surface area contributed by atoms with Crippen LogP contribution in [0.2, 0.25) is 0 Å². The second-order valence-corrected chi connectivity index (χ2v) is 7.49. The van der Waals surface area contributed by atoms with E-state index < -0.39 is 0 Å². The van der Waals surface area contributed by atoms with E-state index in [0.717, 1.165) is 30.4 Å². The second-order valence-electron chi connectivity index (χ2n) is 7.49. The summed E-state index contributed by atoms with van der Waals surface area (Å²) in [7, 11) is 1.63. The molecule has 0 aliphatic heterocycles. The molecule has 0 heterocycles. The number of ether oxygens (including phenoxy) is 3. The van der Waals surface area contributed by atoms with Crippen LogP contribution < -0.4 is 14.8 Å². The van der Waals surface area contributed by atoms with Gasteiger partial charge in [-0.15, -0.1) is 0 Å². The molecule has 5 nitrogen and oxygen atoms in total. The smallest absolute Gasteiger partial charge is 0.255 e. The van der Waals surface area contributed by atoms with E-state index >= 15 is 0 Å². The minimum atomic E-state index is -0.153. The average Bonchev–Trinajstić information content (AvgIpc) is 2.76. The zero-order valence-electron chi connectivity index (χ0n) is 17.2. The molecule has 1 saturated carbocycles. The molecule has 5 heteroatoms. The Morgan fingerprint density at radius 1 is 0.862 bits per heavy atom. The predicted molar refractivity (Wildman–Crippen MR) is 115 cm³/mol. The molecular weight excluding hydrogens is 366 g/mol. The minimum Gasteiger partial charge on any atom is -0.494 e. The summed E-state index contributed by atoms with van der Waals surface area (Å²) in [4.78, 5) is 12.4. The number of carbonyl (C=O) groups is 1. The maximum atomic E-state index is 12.4. The Kier molecular flexibility index (Phi) is 8.38. The van der Waals surface area contributed by atoms with E-state index in [2.05, 4.69) is 5.32 Å². The van der Waals surface area contributed by atoms with Crippen LogP contribution in [0.25, 0.3) is 0 Å². The van der Waals surface area contributed by atoms with Crippen molar-refractivity contribution in [3.8, 4) is 11.5 Å². The Bertz CT molecular complexity index is 736. The first-order valence-electron chi connectivity index (χ1n) is 10.5. The zero-order valence-corrected chi connectivity index (χ0v) is 17.2. The molecule has 2 aromatic carbocycles. The van der Waals surface area contributed by atoms with Crippen LogP contribution in [0.1, 0.15) is 48.9 Å². The van der Waals surface area contributed by atoms with Crippen molar-refractivity contribution in [2.24, 2.45) is 5.92 Å². The van der Waals surface area contributed by atoms with Gasteiger partial charge >= 0.3 is 0 Å². The topological polar surface area (TPSA) is 56.8 Å². The quantitative estimate of drug-likeness (QED) is 0.552. The van der Waals surface area contributed by atoms with Gasteiger partial charge in [-0.1, -0.05) is 32.1 Å². The van der Waals surface area contributed by atoms with Crippen molar-refractivity contribution in [3.05, 3.63) is 54.1 Å². The Morgan fingerprint density at radius 3 is 2.14 bits per heavy atom. The number of hydrogen-bond donors (Lipinski definition) is 1. The Hall–Kier alpha value is -2.53. The van der Waals surface area contributed by atoms with Crippen molar-refractivity contribution in [3.63, 3.8) is 0 Å². The van der Waals surface area contributed by atoms with Crippen LogP contribution in [0.5, 0.6) is 11.5 Å². The van der Waals surface area contributed by atoms with Gasteiger partial charge in [-0.25, -0.2) is 0 Å². The number of rotatable bonds is 10. The van der Waals surface area contributed by atoms with Crippen molar-refractivity contribution in [2.75, 3.05) is 32.2 Å². The summed E-state index contributed by atoms with van der Waals surface area (Å²) in [6.45, 7) is 1.77. The molecule has 2 aromatic rings. The normalized spacial score (nSPS) is 14.4. The van der Waals surface area contributed by atoms with Crippen molar-refractivity contribution < 1.29 is 19.0 Å². The molecule has 1 amide bonds. The van der Waals surface area contributed by atoms with Gasteiger partial charge in [0.25, 0.3) is 5.91 Å². The first-order chi connectivity index (χ1) is 14.2. The maximum Gasteiger partial charge on any atom is 0.255 e. The lowest BCUT2D eigenvalue weighted by molar-refractivity contribution is 0.102. The monoisotopic (exact) mass is 397 g/mol. The lowest BCUT2D eigenvalue weighted by Gasteiger charge is -2.21. The molecule has 0 radical (unpaired) electrons. The van der Waals surface area contributed by atoms with Crippen molar-refractivity contribution in [1.82, 2.24) is 0 Å². The zero-order chi connectivity index (χ0) is 20.3. The summed E-state index contributed by atoms with van der Waals surface area (Å²) >= 11 is 0. The van der Waals surface area contributed by atoms with Gasteiger partial charge in [-0.2, -0.15) is 0 Å². The van der Waals surface area contributed by atoms with Gasteiger partial charge in [0.1, 0.15) is 18.1 Å². The summed E-state index contributed by atoms with van der Waals surface area (Å²) in [6.07, 6.45) is 7.93. The summed E-state index contributed by atoms with van der Waals surface area (Å²) < 4.78 is 16.3. The van der Waals surface area contributed by atoms with Gasteiger partial charge in [0, 0.05) is 18.4 Å². The second kappa shape index (κ2) is 11.5. The van der Waals surface area contributed by atoms with E-state index in [0.29, 0.717) is 24.5 Å². The molecule has 0 aromatic heterocycles. The minimum absolute atomic E-state index is 0.153. The van der Waals surface area contributed by atoms with E-state index in [1.165, 1.54) is 32.1 Å². The van der Waals surface area contributed by atoms with Crippen molar-refractivity contribution in [2.45, 2.75) is 38.5 Å². The fourth-order valence-corrected chi connectivity index (χ4v) is 3.60. The molecule has 1 N–H and O–H groups in total. The first kappa shape index (κ1) is 21.2. The predicted octanol–water partition coefficient (Wildman–Crippen LogP) is 5.31. The van der Waals surface area contributed by atoms with Gasteiger partial charge in [0.05, 0.1) is 13.2 Å². The number of amides is 1. The lowest BCUT2D eigenvalue weighted by Crippen LogP contribution is -2.12. The SMILES string of the molecule is COCCOc1ccc(C(=O)Nc2ccc(OCCC3CCCCC3)cc2)cc1. The van der Waals surface area contributed by atoms with E-state index in [1.54, 1.807) is 31.4 Å². The molecule has 1 aliphatic rings. The highest BCUT2D eigenvalue weighted by Crippen LogP contribution is 2.26. The maximum absolute atomic E-state index is 12.4. The van der Waals surface area contributed by atoms with Crippen LogP contribution in [0.3, 0.4) is 0 Å². The van der Waals surface area contributed by atoms with Gasteiger partial charge < -0.3 is 19.5 Å². The summed E-state index contributed by atoms with van der Waals surface area (Å²) in [6, 6.07) is 14.6. The third-order valence-electron chi connectivity index (χ3n) is 5.30. The molecule has 0 saturated heterocycles. The molecule has 29 heavy (non-hydrogen) atoms. The third kappa shape index (κ3) is 7.09. The van der Waals surface area contributed by atoms with Crippen LogP contribution >= 0.6 is 0 Å². The van der Waals surface area contributed by atoms with Gasteiger partial charge in [-0.3, -0.25) is 4.79 Å². The summed E-state index contributed by atoms with van der Waals surface area (Å²) in [5, 5.41) is 2.91. The highest BCUT2D eigenvalue weighted by Gasteiger charge is 2.13. The van der Waals surface area contributed by atoms with Gasteiger partial charge in [-0.05, 0) is 60.9 Å². The van der Waals surface area contributed by atoms with Crippen LogP contribution in [-0.4, -0.2) is 32.8 Å². The Morgan fingerprint density at radius 2 is 1.48 bits per heavy atom. The Labute approximate surface area is 173 Å². The van der Waals surface area contributed by atoms with Crippen molar-refractivity contribution in [1.29, 1.82) is 0 Å². The van der Waals surface area contributed by atoms with E-state index in [4.69, 9.17) is 14.2 Å². The van der Waals surface area contributed by atoms with E-state index in [-0.39, 0.29) is 5.91 Å². The largest absolute Gasteiger partial charge is 0.494 e. The molecule has 1 fully saturated rings. The molecule has 1 aliphatic carbocycles. The lowest BCUT2D eigenvalue weighted by atomic mass is 9.87. The summed E-state index contributed by atoms with van der Waals surface area (Å²) in [5.41, 5.74) is 1.33. The highest BCUT2D eigenvalue weighted by molar-refractivity contribution is 6.04. The highest BCUT2D eigenvalue weighted by atomic mass is 16.5. The fourth-order valence-electron chi connectivity index (χ4n) is 3.60. The molecule has 3 rings (SSSR count). The van der Waals surface area contributed by atoms with Gasteiger partial charge in [0.15, 0.2) is 0 Å². The number of anilines is 1. The molecule has 0 unspecified atom stereocenters.